The smallest absolute Gasteiger partial charge is 0.0959 e. The Morgan fingerprint density at radius 3 is 3.00 bits per heavy atom. The van der Waals surface area contributed by atoms with Crippen LogP contribution in [0.5, 0.6) is 0 Å². The van der Waals surface area contributed by atoms with Crippen LogP contribution in [-0.4, -0.2) is 43.4 Å². The lowest BCUT2D eigenvalue weighted by molar-refractivity contribution is -0.195. The molecule has 3 heterocycles. The summed E-state index contributed by atoms with van der Waals surface area (Å²) in [7, 11) is 1.81. The Kier molecular flexibility index (Phi) is 3.45. The Morgan fingerprint density at radius 2 is 2.33 bits per heavy atom. The molecule has 1 spiro atoms. The molecule has 1 unspecified atom stereocenters. The van der Waals surface area contributed by atoms with Crippen molar-refractivity contribution >= 4 is 11.3 Å². The highest BCUT2D eigenvalue weighted by atomic mass is 32.1. The molecule has 1 aromatic rings. The third-order valence-corrected chi connectivity index (χ3v) is 4.97. The lowest BCUT2D eigenvalue weighted by Gasteiger charge is -2.53. The fraction of sp³-hybridized carbons (Fsp3) is 0.714. The Balaban J connectivity index is 1.53. The monoisotopic (exact) mass is 267 g/mol. The van der Waals surface area contributed by atoms with Gasteiger partial charge >= 0.3 is 0 Å². The summed E-state index contributed by atoms with van der Waals surface area (Å²) in [6.07, 6.45) is 2.50. The summed E-state index contributed by atoms with van der Waals surface area (Å²) in [6.45, 7) is 6.21. The van der Waals surface area contributed by atoms with Crippen molar-refractivity contribution < 1.29 is 9.47 Å². The second-order valence-electron chi connectivity index (χ2n) is 5.54. The number of hydrogen-bond donors (Lipinski definition) is 0. The minimum absolute atomic E-state index is 0.0885. The predicted octanol–water partition coefficient (Wildman–Crippen LogP) is 2.44. The number of methoxy groups -OCH3 is 1. The van der Waals surface area contributed by atoms with Gasteiger partial charge in [-0.2, -0.15) is 0 Å². The molecule has 100 valence electrons. The normalized spacial score (nSPS) is 27.3. The molecule has 0 amide bonds. The molecule has 0 aromatic carbocycles. The van der Waals surface area contributed by atoms with E-state index in [-0.39, 0.29) is 5.60 Å². The number of ether oxygens (including phenoxy) is 2. The summed E-state index contributed by atoms with van der Waals surface area (Å²) in [4.78, 5) is 5.33. The van der Waals surface area contributed by atoms with Crippen LogP contribution in [0.15, 0.2) is 12.1 Å². The van der Waals surface area contributed by atoms with E-state index in [0.717, 1.165) is 39.1 Å². The van der Waals surface area contributed by atoms with Gasteiger partial charge in [0.2, 0.25) is 0 Å². The Hall–Kier alpha value is -0.420. The molecule has 2 aliphatic rings. The van der Waals surface area contributed by atoms with Gasteiger partial charge in [-0.15, -0.1) is 11.3 Å². The van der Waals surface area contributed by atoms with Crippen LogP contribution in [0.1, 0.15) is 22.6 Å². The molecule has 2 aliphatic heterocycles. The zero-order valence-corrected chi connectivity index (χ0v) is 12.0. The van der Waals surface area contributed by atoms with Gasteiger partial charge < -0.3 is 9.47 Å². The molecule has 1 atom stereocenters. The highest BCUT2D eigenvalue weighted by Crippen LogP contribution is 2.36. The van der Waals surface area contributed by atoms with Crippen LogP contribution < -0.4 is 0 Å². The van der Waals surface area contributed by atoms with E-state index in [1.807, 2.05) is 18.4 Å². The average molecular weight is 267 g/mol. The van der Waals surface area contributed by atoms with E-state index in [1.165, 1.54) is 9.75 Å². The number of likely N-dealkylation sites (tertiary alicyclic amines) is 1. The fourth-order valence-corrected chi connectivity index (χ4v) is 4.01. The second kappa shape index (κ2) is 4.93. The van der Waals surface area contributed by atoms with Gasteiger partial charge in [-0.3, -0.25) is 4.90 Å². The lowest BCUT2D eigenvalue weighted by Crippen LogP contribution is -2.65. The first kappa shape index (κ1) is 12.6. The van der Waals surface area contributed by atoms with E-state index in [0.29, 0.717) is 6.10 Å². The molecule has 3 rings (SSSR count). The van der Waals surface area contributed by atoms with Crippen LogP contribution in [0.2, 0.25) is 0 Å². The maximum atomic E-state index is 5.99. The molecule has 3 nitrogen and oxygen atoms in total. The summed E-state index contributed by atoms with van der Waals surface area (Å²) >= 11 is 1.90. The van der Waals surface area contributed by atoms with Crippen LogP contribution in [0.4, 0.5) is 0 Å². The molecule has 0 saturated carbocycles. The van der Waals surface area contributed by atoms with Crippen LogP contribution in [-0.2, 0) is 16.0 Å². The van der Waals surface area contributed by atoms with Gasteiger partial charge in [0, 0.05) is 49.5 Å². The number of thiophene rings is 1. The molecule has 2 saturated heterocycles. The van der Waals surface area contributed by atoms with Crippen LogP contribution in [0.3, 0.4) is 0 Å². The van der Waals surface area contributed by atoms with Gasteiger partial charge in [-0.05, 0) is 25.5 Å². The summed E-state index contributed by atoms with van der Waals surface area (Å²) in [6, 6.07) is 4.44. The molecule has 1 aromatic heterocycles. The summed E-state index contributed by atoms with van der Waals surface area (Å²) < 4.78 is 11.5. The Morgan fingerprint density at radius 1 is 1.50 bits per heavy atom. The van der Waals surface area contributed by atoms with Crippen molar-refractivity contribution in [1.82, 2.24) is 4.90 Å². The summed E-state index contributed by atoms with van der Waals surface area (Å²) in [5, 5.41) is 0. The highest BCUT2D eigenvalue weighted by Gasteiger charge is 2.47. The molecule has 2 fully saturated rings. The van der Waals surface area contributed by atoms with Gasteiger partial charge in [0.05, 0.1) is 11.7 Å². The molecular weight excluding hydrogens is 246 g/mol. The fourth-order valence-electron chi connectivity index (χ4n) is 3.08. The molecule has 4 heteroatoms. The minimum Gasteiger partial charge on any atom is -0.381 e. The summed E-state index contributed by atoms with van der Waals surface area (Å²) in [5.74, 6) is 0. The number of hydrogen-bond acceptors (Lipinski definition) is 4. The van der Waals surface area contributed by atoms with Crippen molar-refractivity contribution in [3.05, 3.63) is 21.9 Å². The largest absolute Gasteiger partial charge is 0.381 e. The second-order valence-corrected chi connectivity index (χ2v) is 6.91. The van der Waals surface area contributed by atoms with E-state index >= 15 is 0 Å². The van der Waals surface area contributed by atoms with E-state index in [4.69, 9.17) is 9.47 Å². The molecule has 18 heavy (non-hydrogen) atoms. The number of aryl methyl sites for hydroxylation is 1. The maximum Gasteiger partial charge on any atom is 0.0959 e. The summed E-state index contributed by atoms with van der Waals surface area (Å²) in [5.41, 5.74) is 0.0885. The minimum atomic E-state index is 0.0885. The van der Waals surface area contributed by atoms with Crippen LogP contribution >= 0.6 is 11.3 Å². The van der Waals surface area contributed by atoms with Crippen molar-refractivity contribution in [3.8, 4) is 0 Å². The standard InChI is InChI=1S/C14H21NO2S/c1-11-3-4-13(18-11)8-15-9-14(10-15)7-12(16-2)5-6-17-14/h3-4,12H,5-10H2,1-2H3. The predicted molar refractivity (Wildman–Crippen MR) is 73.0 cm³/mol. The van der Waals surface area contributed by atoms with Crippen molar-refractivity contribution in [2.24, 2.45) is 0 Å². The van der Waals surface area contributed by atoms with Crippen molar-refractivity contribution in [1.29, 1.82) is 0 Å². The highest BCUT2D eigenvalue weighted by molar-refractivity contribution is 7.11. The zero-order valence-electron chi connectivity index (χ0n) is 11.1. The van der Waals surface area contributed by atoms with Crippen LogP contribution in [0, 0.1) is 6.92 Å². The van der Waals surface area contributed by atoms with E-state index < -0.39 is 0 Å². The molecule has 0 bridgehead atoms. The molecular formula is C14H21NO2S. The van der Waals surface area contributed by atoms with E-state index in [2.05, 4.69) is 24.0 Å². The SMILES string of the molecule is COC1CCOC2(C1)CN(Cc1ccc(C)s1)C2. The first-order chi connectivity index (χ1) is 8.69. The zero-order chi connectivity index (χ0) is 12.6. The number of nitrogens with zero attached hydrogens (tertiary/aromatic N) is 1. The third kappa shape index (κ3) is 2.48. The van der Waals surface area contributed by atoms with Crippen molar-refractivity contribution in [2.45, 2.75) is 38.0 Å². The first-order valence-electron chi connectivity index (χ1n) is 6.64. The van der Waals surface area contributed by atoms with Gasteiger partial charge in [-0.25, -0.2) is 0 Å². The Labute approximate surface area is 113 Å². The lowest BCUT2D eigenvalue weighted by atomic mass is 9.84. The Bertz CT molecular complexity index is 412. The van der Waals surface area contributed by atoms with Gasteiger partial charge in [0.1, 0.15) is 0 Å². The first-order valence-corrected chi connectivity index (χ1v) is 7.45. The van der Waals surface area contributed by atoms with Gasteiger partial charge in [-0.1, -0.05) is 0 Å². The molecule has 0 aliphatic carbocycles. The third-order valence-electron chi connectivity index (χ3n) is 3.98. The molecule has 0 radical (unpaired) electrons. The van der Waals surface area contributed by atoms with Gasteiger partial charge in [0.15, 0.2) is 0 Å². The van der Waals surface area contributed by atoms with Crippen LogP contribution in [0.25, 0.3) is 0 Å². The van der Waals surface area contributed by atoms with Gasteiger partial charge in [0.25, 0.3) is 0 Å². The van der Waals surface area contributed by atoms with Crippen molar-refractivity contribution in [3.63, 3.8) is 0 Å². The average Bonchev–Trinajstić information content (AvgIpc) is 2.73. The van der Waals surface area contributed by atoms with E-state index in [1.54, 1.807) is 0 Å². The molecule has 0 N–H and O–H groups in total. The maximum absolute atomic E-state index is 5.99. The van der Waals surface area contributed by atoms with Crippen molar-refractivity contribution in [2.75, 3.05) is 26.8 Å². The number of rotatable bonds is 3. The quantitative estimate of drug-likeness (QED) is 0.839. The van der Waals surface area contributed by atoms with E-state index in [9.17, 15) is 0 Å². The topological polar surface area (TPSA) is 21.7 Å².